The average Bonchev–Trinajstić information content (AvgIpc) is 2.21. The quantitative estimate of drug-likeness (QED) is 0.384. The number of unbranched alkanes of at least 4 members (excludes halogenated alkanes) is 1. The van der Waals surface area contributed by atoms with E-state index < -0.39 is 11.7 Å². The van der Waals surface area contributed by atoms with Crippen molar-refractivity contribution >= 4 is 11.7 Å². The van der Waals surface area contributed by atoms with Gasteiger partial charge in [-0.05, 0) is 18.3 Å². The van der Waals surface area contributed by atoms with Crippen molar-refractivity contribution in [2.24, 2.45) is 11.8 Å². The fourth-order valence-corrected chi connectivity index (χ4v) is 1.36. The van der Waals surface area contributed by atoms with Crippen molar-refractivity contribution in [3.8, 4) is 0 Å². The summed E-state index contributed by atoms with van der Waals surface area (Å²) in [6.45, 7) is 8.61. The van der Waals surface area contributed by atoms with Gasteiger partial charge in [0, 0.05) is 6.42 Å². The topological polar surface area (TPSA) is 55.4 Å². The van der Waals surface area contributed by atoms with Crippen LogP contribution in [0.4, 0.5) is 0 Å². The first-order chi connectivity index (χ1) is 7.93. The summed E-state index contributed by atoms with van der Waals surface area (Å²) in [7, 11) is 0. The molecule has 0 aromatic carbocycles. The van der Waals surface area contributed by atoms with E-state index in [0.717, 1.165) is 19.3 Å². The van der Waals surface area contributed by atoms with Crippen molar-refractivity contribution in [3.63, 3.8) is 0 Å². The number of carbonyl (C=O) groups excluding carboxylic acids is 2. The van der Waals surface area contributed by atoms with Crippen LogP contribution in [0.3, 0.4) is 0 Å². The van der Waals surface area contributed by atoms with Crippen molar-refractivity contribution < 1.29 is 14.4 Å². The van der Waals surface area contributed by atoms with E-state index in [9.17, 15) is 9.59 Å². The molecule has 4 nitrogen and oxygen atoms in total. The molecule has 0 rings (SSSR count). The Hall–Kier alpha value is -0.900. The van der Waals surface area contributed by atoms with E-state index in [2.05, 4.69) is 19.3 Å². The molecule has 0 unspecified atom stereocenters. The first-order valence-electron chi connectivity index (χ1n) is 6.38. The van der Waals surface area contributed by atoms with Crippen molar-refractivity contribution in [3.05, 3.63) is 0 Å². The standard InChI is InChI=1S/C13H25NO3/c1-10(2)7-5-6-8-17-14-13(16)12(15)9-11(3)4/h10-11H,5-9H2,1-4H3,(H,14,16). The highest BCUT2D eigenvalue weighted by molar-refractivity contribution is 6.35. The Morgan fingerprint density at radius 2 is 1.71 bits per heavy atom. The molecule has 100 valence electrons. The molecule has 0 bridgehead atoms. The monoisotopic (exact) mass is 243 g/mol. The number of ketones is 1. The number of Topliss-reactive ketones (excluding diaryl/α,β-unsaturated/α-hetero) is 1. The Morgan fingerprint density at radius 1 is 1.06 bits per heavy atom. The first-order valence-corrected chi connectivity index (χ1v) is 6.38. The van der Waals surface area contributed by atoms with E-state index in [1.54, 1.807) is 0 Å². The summed E-state index contributed by atoms with van der Waals surface area (Å²) < 4.78 is 0. The molecule has 1 amide bonds. The molecule has 0 aliphatic heterocycles. The average molecular weight is 243 g/mol. The number of hydroxylamine groups is 1. The van der Waals surface area contributed by atoms with Crippen LogP contribution in [0.1, 0.15) is 53.4 Å². The highest BCUT2D eigenvalue weighted by Crippen LogP contribution is 2.05. The SMILES string of the molecule is CC(C)CCCCONC(=O)C(=O)CC(C)C. The fraction of sp³-hybridized carbons (Fsp3) is 0.846. The zero-order chi connectivity index (χ0) is 13.3. The van der Waals surface area contributed by atoms with Crippen molar-refractivity contribution in [2.75, 3.05) is 6.61 Å². The van der Waals surface area contributed by atoms with E-state index in [-0.39, 0.29) is 12.3 Å². The lowest BCUT2D eigenvalue weighted by Crippen LogP contribution is -2.32. The van der Waals surface area contributed by atoms with Gasteiger partial charge in [0.15, 0.2) is 0 Å². The van der Waals surface area contributed by atoms with Crippen LogP contribution in [0.5, 0.6) is 0 Å². The first kappa shape index (κ1) is 16.1. The van der Waals surface area contributed by atoms with Crippen LogP contribution in [-0.2, 0) is 14.4 Å². The molecule has 17 heavy (non-hydrogen) atoms. The molecule has 0 atom stereocenters. The maximum absolute atomic E-state index is 11.3. The van der Waals surface area contributed by atoms with Crippen LogP contribution in [-0.4, -0.2) is 18.3 Å². The van der Waals surface area contributed by atoms with Crippen LogP contribution in [0.15, 0.2) is 0 Å². The lowest BCUT2D eigenvalue weighted by molar-refractivity contribution is -0.146. The van der Waals surface area contributed by atoms with Crippen LogP contribution >= 0.6 is 0 Å². The van der Waals surface area contributed by atoms with Crippen molar-refractivity contribution in [2.45, 2.75) is 53.4 Å². The normalized spacial score (nSPS) is 10.9. The predicted octanol–water partition coefficient (Wildman–Crippen LogP) is 2.48. The number of rotatable bonds is 9. The second-order valence-electron chi connectivity index (χ2n) is 5.19. The van der Waals surface area contributed by atoms with E-state index in [4.69, 9.17) is 4.84 Å². The summed E-state index contributed by atoms with van der Waals surface area (Å²) in [6, 6.07) is 0. The Kier molecular flexibility index (Phi) is 8.68. The molecule has 0 fully saturated rings. The summed E-state index contributed by atoms with van der Waals surface area (Å²) in [5.74, 6) is -0.166. The fourth-order valence-electron chi connectivity index (χ4n) is 1.36. The zero-order valence-electron chi connectivity index (χ0n) is 11.4. The van der Waals surface area contributed by atoms with Crippen LogP contribution < -0.4 is 5.48 Å². The largest absolute Gasteiger partial charge is 0.310 e. The smallest absolute Gasteiger partial charge is 0.289 e. The molecule has 4 heteroatoms. The molecular formula is C13H25NO3. The predicted molar refractivity (Wildman–Crippen MR) is 67.2 cm³/mol. The minimum atomic E-state index is -0.637. The molecule has 0 aliphatic rings. The van der Waals surface area contributed by atoms with Gasteiger partial charge in [0.2, 0.25) is 5.78 Å². The van der Waals surface area contributed by atoms with Gasteiger partial charge in [-0.1, -0.05) is 40.5 Å². The van der Waals surface area contributed by atoms with E-state index in [1.807, 2.05) is 13.8 Å². The molecule has 0 aromatic heterocycles. The third-order valence-electron chi connectivity index (χ3n) is 2.29. The summed E-state index contributed by atoms with van der Waals surface area (Å²) in [4.78, 5) is 27.5. The summed E-state index contributed by atoms with van der Waals surface area (Å²) in [5.41, 5.74) is 2.19. The minimum absolute atomic E-state index is 0.194. The van der Waals surface area contributed by atoms with Gasteiger partial charge < -0.3 is 0 Å². The van der Waals surface area contributed by atoms with E-state index in [1.165, 1.54) is 0 Å². The number of hydrogen-bond donors (Lipinski definition) is 1. The van der Waals surface area contributed by atoms with Crippen LogP contribution in [0.2, 0.25) is 0 Å². The highest BCUT2D eigenvalue weighted by atomic mass is 16.6. The van der Waals surface area contributed by atoms with Gasteiger partial charge in [0.05, 0.1) is 6.61 Å². The van der Waals surface area contributed by atoms with Crippen molar-refractivity contribution in [1.82, 2.24) is 5.48 Å². The van der Waals surface area contributed by atoms with Gasteiger partial charge >= 0.3 is 5.91 Å². The molecule has 0 heterocycles. The maximum Gasteiger partial charge on any atom is 0.310 e. The van der Waals surface area contributed by atoms with Gasteiger partial charge in [-0.25, -0.2) is 5.48 Å². The lowest BCUT2D eigenvalue weighted by atomic mass is 10.1. The van der Waals surface area contributed by atoms with Crippen molar-refractivity contribution in [1.29, 1.82) is 0 Å². The van der Waals surface area contributed by atoms with Gasteiger partial charge in [0.1, 0.15) is 0 Å². The number of amides is 1. The number of hydrogen-bond acceptors (Lipinski definition) is 3. The molecule has 0 saturated carbocycles. The molecular weight excluding hydrogens is 218 g/mol. The molecule has 0 radical (unpaired) electrons. The zero-order valence-corrected chi connectivity index (χ0v) is 11.4. The van der Waals surface area contributed by atoms with E-state index in [0.29, 0.717) is 12.5 Å². The van der Waals surface area contributed by atoms with Crippen LogP contribution in [0.25, 0.3) is 0 Å². The van der Waals surface area contributed by atoms with Gasteiger partial charge in [0.25, 0.3) is 0 Å². The molecule has 1 N–H and O–H groups in total. The molecule has 0 spiro atoms. The minimum Gasteiger partial charge on any atom is -0.289 e. The Bertz CT molecular complexity index is 237. The Morgan fingerprint density at radius 3 is 2.24 bits per heavy atom. The Balaban J connectivity index is 3.48. The van der Waals surface area contributed by atoms with Gasteiger partial charge in [-0.3, -0.25) is 14.4 Å². The number of carbonyl (C=O) groups is 2. The third kappa shape index (κ3) is 10.00. The summed E-state index contributed by atoms with van der Waals surface area (Å²) in [6.07, 6.45) is 3.40. The van der Waals surface area contributed by atoms with Crippen LogP contribution in [0, 0.1) is 11.8 Å². The highest BCUT2D eigenvalue weighted by Gasteiger charge is 2.14. The Labute approximate surface area is 104 Å². The second-order valence-corrected chi connectivity index (χ2v) is 5.19. The summed E-state index contributed by atoms with van der Waals surface area (Å²) in [5, 5.41) is 0. The van der Waals surface area contributed by atoms with E-state index >= 15 is 0 Å². The molecule has 0 aromatic rings. The second kappa shape index (κ2) is 9.16. The maximum atomic E-state index is 11.3. The molecule has 0 saturated heterocycles. The summed E-state index contributed by atoms with van der Waals surface area (Å²) >= 11 is 0. The number of nitrogens with one attached hydrogen (secondary N) is 1. The third-order valence-corrected chi connectivity index (χ3v) is 2.29. The van der Waals surface area contributed by atoms with Gasteiger partial charge in [-0.15, -0.1) is 0 Å². The van der Waals surface area contributed by atoms with Gasteiger partial charge in [-0.2, -0.15) is 0 Å². The molecule has 0 aliphatic carbocycles. The lowest BCUT2D eigenvalue weighted by Gasteiger charge is -2.07.